The van der Waals surface area contributed by atoms with E-state index in [2.05, 4.69) is 16.3 Å². The molecule has 0 aromatic heterocycles. The van der Waals surface area contributed by atoms with Crippen LogP contribution in [-0.2, 0) is 9.53 Å². The molecule has 9 heavy (non-hydrogen) atoms. The van der Waals surface area contributed by atoms with Gasteiger partial charge in [-0.3, -0.25) is 4.79 Å². The number of hydrogen-bond acceptors (Lipinski definition) is 2. The first-order chi connectivity index (χ1) is 3.98. The fourth-order valence-electron chi connectivity index (χ4n) is 0.213. The normalized spacial score (nSPS) is 11.6. The molecule has 0 aliphatic carbocycles. The molecule has 2 nitrogen and oxygen atoms in total. The Labute approximate surface area is 55.7 Å². The number of rotatable bonds is 3. The number of methoxy groups -OCH3 is 1. The molecule has 0 unspecified atom stereocenters. The number of carbonyl (C=O) groups is 1. The topological polar surface area (TPSA) is 26.3 Å². The minimum Gasteiger partial charge on any atom is -0.377 e. The van der Waals surface area contributed by atoms with Gasteiger partial charge in [0.2, 0.25) is 5.78 Å². The van der Waals surface area contributed by atoms with E-state index in [1.54, 1.807) is 0 Å². The van der Waals surface area contributed by atoms with E-state index in [1.807, 2.05) is 0 Å². The number of hydrogen-bond donors (Lipinski definition) is 0. The summed E-state index contributed by atoms with van der Waals surface area (Å²) in [6.45, 7) is -0.656. The van der Waals surface area contributed by atoms with Gasteiger partial charge in [0.1, 0.15) is 6.61 Å². The Morgan fingerprint density at radius 3 is 2.33 bits per heavy atom. The van der Waals surface area contributed by atoms with Crippen LogP contribution >= 0.6 is 11.6 Å². The van der Waals surface area contributed by atoms with Crippen LogP contribution in [0, 0.1) is 0 Å². The molecule has 0 aromatic carbocycles. The van der Waals surface area contributed by atoms with Gasteiger partial charge in [-0.15, -0.1) is 0 Å². The van der Waals surface area contributed by atoms with Crippen molar-refractivity contribution in [1.29, 1.82) is 0 Å². The molecule has 0 aliphatic rings. The lowest BCUT2D eigenvalue weighted by molar-refractivity contribution is -0.137. The smallest absolute Gasteiger partial charge is 0.377 e. The van der Waals surface area contributed by atoms with Crippen molar-refractivity contribution >= 4 is 17.4 Å². The Morgan fingerprint density at radius 2 is 2.22 bits per heavy atom. The minimum atomic E-state index is -3.78. The largest absolute Gasteiger partial charge is 0.382 e. The summed E-state index contributed by atoms with van der Waals surface area (Å²) in [7, 11) is 1.14. The number of carbonyl (C=O) groups excluding carboxylic acids is 1. The zero-order valence-corrected chi connectivity index (χ0v) is 5.41. The van der Waals surface area contributed by atoms with Gasteiger partial charge in [0, 0.05) is 7.11 Å². The highest BCUT2D eigenvalue weighted by molar-refractivity contribution is 6.32. The van der Waals surface area contributed by atoms with Crippen LogP contribution in [0.1, 0.15) is 0 Å². The Morgan fingerprint density at radius 1 is 1.78 bits per heavy atom. The first kappa shape index (κ1) is 8.78. The second kappa shape index (κ2) is 3.08. The highest BCUT2D eigenvalue weighted by atomic mass is 35.5. The SMILES string of the molecule is COCC(=O)C(F)(F)Cl. The average molecular weight is 159 g/mol. The van der Waals surface area contributed by atoms with Gasteiger partial charge in [-0.2, -0.15) is 8.78 Å². The molecule has 0 spiro atoms. The van der Waals surface area contributed by atoms with Gasteiger partial charge < -0.3 is 4.74 Å². The van der Waals surface area contributed by atoms with Crippen molar-refractivity contribution in [2.75, 3.05) is 13.7 Å². The van der Waals surface area contributed by atoms with Gasteiger partial charge in [0.25, 0.3) is 0 Å². The number of ketones is 1. The second-order valence-electron chi connectivity index (χ2n) is 1.35. The molecule has 0 aliphatic heterocycles. The average Bonchev–Trinajstić information content (AvgIpc) is 1.64. The third kappa shape index (κ3) is 3.37. The van der Waals surface area contributed by atoms with Crippen LogP contribution in [0.5, 0.6) is 0 Å². The number of Topliss-reactive ketones (excluding diaryl/α,β-unsaturated/α-hetero) is 1. The maximum Gasteiger partial charge on any atom is 0.382 e. The molecule has 0 saturated heterocycles. The van der Waals surface area contributed by atoms with E-state index < -0.39 is 17.8 Å². The van der Waals surface area contributed by atoms with Crippen LogP contribution in [0.25, 0.3) is 0 Å². The summed E-state index contributed by atoms with van der Waals surface area (Å²) in [6, 6.07) is 0. The summed E-state index contributed by atoms with van der Waals surface area (Å²) in [5, 5.41) is -3.78. The summed E-state index contributed by atoms with van der Waals surface area (Å²) in [4.78, 5) is 10.1. The van der Waals surface area contributed by atoms with E-state index in [0.717, 1.165) is 7.11 Å². The summed E-state index contributed by atoms with van der Waals surface area (Å²) in [6.07, 6.45) is 0. The Hall–Kier alpha value is -0.220. The predicted molar refractivity (Wildman–Crippen MR) is 27.7 cm³/mol. The second-order valence-corrected chi connectivity index (χ2v) is 1.83. The van der Waals surface area contributed by atoms with E-state index in [1.165, 1.54) is 0 Å². The van der Waals surface area contributed by atoms with E-state index in [9.17, 15) is 13.6 Å². The summed E-state index contributed by atoms with van der Waals surface area (Å²) < 4.78 is 27.4. The van der Waals surface area contributed by atoms with Crippen molar-refractivity contribution in [2.45, 2.75) is 5.38 Å². The third-order valence-electron chi connectivity index (χ3n) is 0.592. The summed E-state index contributed by atoms with van der Waals surface area (Å²) >= 11 is 4.30. The van der Waals surface area contributed by atoms with Gasteiger partial charge in [-0.25, -0.2) is 0 Å². The summed E-state index contributed by atoms with van der Waals surface area (Å²) in [5.41, 5.74) is 0. The zero-order chi connectivity index (χ0) is 7.49. The lowest BCUT2D eigenvalue weighted by Crippen LogP contribution is -2.25. The lowest BCUT2D eigenvalue weighted by Gasteiger charge is -2.03. The molecular weight excluding hydrogens is 153 g/mol. The highest BCUT2D eigenvalue weighted by Gasteiger charge is 2.34. The molecule has 0 amide bonds. The van der Waals surface area contributed by atoms with Gasteiger partial charge in [0.15, 0.2) is 0 Å². The first-order valence-corrected chi connectivity index (χ1v) is 2.45. The van der Waals surface area contributed by atoms with Gasteiger partial charge in [-0.05, 0) is 11.6 Å². The molecule has 0 atom stereocenters. The van der Waals surface area contributed by atoms with Crippen LogP contribution < -0.4 is 0 Å². The molecule has 0 N–H and O–H groups in total. The van der Waals surface area contributed by atoms with E-state index in [-0.39, 0.29) is 0 Å². The number of alkyl halides is 3. The van der Waals surface area contributed by atoms with Crippen LogP contribution in [0.2, 0.25) is 0 Å². The quantitative estimate of drug-likeness (QED) is 0.574. The first-order valence-electron chi connectivity index (χ1n) is 2.07. The predicted octanol–water partition coefficient (Wildman–Crippen LogP) is 1.03. The van der Waals surface area contributed by atoms with Crippen LogP contribution in [0.15, 0.2) is 0 Å². The van der Waals surface area contributed by atoms with E-state index in [4.69, 9.17) is 0 Å². The molecule has 0 bridgehead atoms. The fraction of sp³-hybridized carbons (Fsp3) is 0.750. The molecule has 0 saturated carbocycles. The van der Waals surface area contributed by atoms with Gasteiger partial charge >= 0.3 is 5.38 Å². The van der Waals surface area contributed by atoms with E-state index in [0.29, 0.717) is 0 Å². The van der Waals surface area contributed by atoms with Crippen LogP contribution in [0.3, 0.4) is 0 Å². The molecule has 0 fully saturated rings. The van der Waals surface area contributed by atoms with Crippen molar-refractivity contribution in [3.63, 3.8) is 0 Å². The Bertz CT molecular complexity index is 110. The minimum absolute atomic E-state index is 0.656. The molecule has 0 aromatic rings. The van der Waals surface area contributed by atoms with Crippen molar-refractivity contribution in [3.05, 3.63) is 0 Å². The van der Waals surface area contributed by atoms with Crippen LogP contribution in [-0.4, -0.2) is 24.9 Å². The third-order valence-corrected chi connectivity index (χ3v) is 0.802. The van der Waals surface area contributed by atoms with E-state index >= 15 is 0 Å². The molecule has 0 rings (SSSR count). The van der Waals surface area contributed by atoms with Crippen molar-refractivity contribution in [2.24, 2.45) is 0 Å². The molecular formula is C4H5ClF2O2. The summed E-state index contributed by atoms with van der Waals surface area (Å²) in [5.74, 6) is -1.42. The molecule has 0 radical (unpaired) electrons. The van der Waals surface area contributed by atoms with Crippen LogP contribution in [0.4, 0.5) is 8.78 Å². The highest BCUT2D eigenvalue weighted by Crippen LogP contribution is 2.19. The van der Waals surface area contributed by atoms with Gasteiger partial charge in [0.05, 0.1) is 0 Å². The van der Waals surface area contributed by atoms with Gasteiger partial charge in [-0.1, -0.05) is 0 Å². The standard InChI is InChI=1S/C4H5ClF2O2/c1-9-2-3(8)4(5,6)7/h2H2,1H3. The Balaban J connectivity index is 3.74. The molecule has 0 heterocycles. The van der Waals surface area contributed by atoms with Crippen molar-refractivity contribution in [3.8, 4) is 0 Å². The molecule has 5 heteroatoms. The molecule has 54 valence electrons. The fourth-order valence-corrected chi connectivity index (χ4v) is 0.267. The number of ether oxygens (including phenoxy) is 1. The lowest BCUT2D eigenvalue weighted by atomic mass is 10.4. The Kier molecular flexibility index (Phi) is 3.00. The number of halogens is 3. The van der Waals surface area contributed by atoms with Crippen molar-refractivity contribution < 1.29 is 18.3 Å². The van der Waals surface area contributed by atoms with Crippen molar-refractivity contribution in [1.82, 2.24) is 0 Å². The zero-order valence-electron chi connectivity index (χ0n) is 4.66. The monoisotopic (exact) mass is 158 g/mol. The maximum atomic E-state index is 11.6. The maximum absolute atomic E-state index is 11.6.